The Bertz CT molecular complexity index is 1010. The predicted octanol–water partition coefficient (Wildman–Crippen LogP) is 4.97. The number of allylic oxidation sites excluding steroid dienone is 4. The van der Waals surface area contributed by atoms with Crippen molar-refractivity contribution in [2.24, 2.45) is 0 Å². The Morgan fingerprint density at radius 1 is 1.00 bits per heavy atom. The number of hydrogen-bond donors (Lipinski definition) is 0. The van der Waals surface area contributed by atoms with E-state index >= 15 is 0 Å². The van der Waals surface area contributed by atoms with Gasteiger partial charge in [-0.25, -0.2) is 15.0 Å². The highest BCUT2D eigenvalue weighted by atomic mass is 35.5. The SMILES string of the molecule is COC1=C(c2cccc(-c3ncc4ccccc4n3)n2)C(Cl)=CCC1. The molecule has 25 heavy (non-hydrogen) atoms. The van der Waals surface area contributed by atoms with Crippen LogP contribution in [-0.4, -0.2) is 22.1 Å². The third-order valence-electron chi connectivity index (χ3n) is 4.18. The molecular weight excluding hydrogens is 334 g/mol. The molecule has 0 spiro atoms. The Hall–Kier alpha value is -2.72. The minimum absolute atomic E-state index is 0.594. The summed E-state index contributed by atoms with van der Waals surface area (Å²) in [7, 11) is 1.67. The van der Waals surface area contributed by atoms with Crippen molar-refractivity contribution in [2.45, 2.75) is 12.8 Å². The van der Waals surface area contributed by atoms with Gasteiger partial charge < -0.3 is 4.74 Å². The summed E-state index contributed by atoms with van der Waals surface area (Å²) in [6.45, 7) is 0. The number of methoxy groups -OCH3 is 1. The van der Waals surface area contributed by atoms with Crippen LogP contribution in [0.3, 0.4) is 0 Å². The molecule has 0 saturated carbocycles. The first-order valence-electron chi connectivity index (χ1n) is 8.09. The van der Waals surface area contributed by atoms with Gasteiger partial charge in [0.15, 0.2) is 5.82 Å². The molecule has 0 N–H and O–H groups in total. The lowest BCUT2D eigenvalue weighted by molar-refractivity contribution is 0.279. The summed E-state index contributed by atoms with van der Waals surface area (Å²) in [5.41, 5.74) is 3.22. The molecule has 3 aromatic rings. The number of ether oxygens (including phenoxy) is 1. The van der Waals surface area contributed by atoms with Crippen molar-refractivity contribution in [1.29, 1.82) is 0 Å². The quantitative estimate of drug-likeness (QED) is 0.670. The Labute approximate surface area is 150 Å². The van der Waals surface area contributed by atoms with Crippen molar-refractivity contribution in [1.82, 2.24) is 15.0 Å². The van der Waals surface area contributed by atoms with Gasteiger partial charge in [-0.05, 0) is 24.6 Å². The van der Waals surface area contributed by atoms with Crippen LogP contribution in [-0.2, 0) is 4.74 Å². The number of nitrogens with zero attached hydrogens (tertiary/aromatic N) is 3. The minimum Gasteiger partial charge on any atom is -0.500 e. The fourth-order valence-corrected chi connectivity index (χ4v) is 3.26. The van der Waals surface area contributed by atoms with Crippen LogP contribution < -0.4 is 0 Å². The Morgan fingerprint density at radius 3 is 2.72 bits per heavy atom. The van der Waals surface area contributed by atoms with Crippen LogP contribution in [0.5, 0.6) is 0 Å². The van der Waals surface area contributed by atoms with E-state index in [1.54, 1.807) is 7.11 Å². The molecule has 2 aromatic heterocycles. The maximum Gasteiger partial charge on any atom is 0.178 e. The lowest BCUT2D eigenvalue weighted by atomic mass is 10.0. The molecule has 0 saturated heterocycles. The van der Waals surface area contributed by atoms with Gasteiger partial charge in [0.1, 0.15) is 11.5 Å². The molecule has 124 valence electrons. The molecule has 1 aliphatic carbocycles. The smallest absolute Gasteiger partial charge is 0.178 e. The molecule has 2 heterocycles. The average molecular weight is 350 g/mol. The van der Waals surface area contributed by atoms with E-state index in [4.69, 9.17) is 21.3 Å². The van der Waals surface area contributed by atoms with Gasteiger partial charge in [-0.3, -0.25) is 0 Å². The second-order valence-electron chi connectivity index (χ2n) is 5.75. The van der Waals surface area contributed by atoms with E-state index in [2.05, 4.69) is 9.97 Å². The first kappa shape index (κ1) is 15.8. The van der Waals surface area contributed by atoms with E-state index in [9.17, 15) is 0 Å². The fraction of sp³-hybridized carbons (Fsp3) is 0.150. The van der Waals surface area contributed by atoms with Crippen molar-refractivity contribution < 1.29 is 4.74 Å². The summed E-state index contributed by atoms with van der Waals surface area (Å²) in [6, 6.07) is 13.7. The molecule has 1 aliphatic rings. The van der Waals surface area contributed by atoms with E-state index in [0.29, 0.717) is 16.6 Å². The second kappa shape index (κ2) is 6.65. The predicted molar refractivity (Wildman–Crippen MR) is 99.9 cm³/mol. The van der Waals surface area contributed by atoms with E-state index in [-0.39, 0.29) is 0 Å². The van der Waals surface area contributed by atoms with Gasteiger partial charge in [0.2, 0.25) is 0 Å². The number of fused-ring (bicyclic) bond motifs is 1. The largest absolute Gasteiger partial charge is 0.500 e. The van der Waals surface area contributed by atoms with E-state index in [1.165, 1.54) is 0 Å². The van der Waals surface area contributed by atoms with Crippen LogP contribution in [0.15, 0.2) is 65.5 Å². The number of hydrogen-bond acceptors (Lipinski definition) is 4. The van der Waals surface area contributed by atoms with Gasteiger partial charge in [0.05, 0.1) is 23.9 Å². The Morgan fingerprint density at radius 2 is 1.84 bits per heavy atom. The molecule has 0 bridgehead atoms. The van der Waals surface area contributed by atoms with E-state index in [0.717, 1.165) is 40.8 Å². The van der Waals surface area contributed by atoms with Gasteiger partial charge in [-0.2, -0.15) is 0 Å². The summed E-state index contributed by atoms with van der Waals surface area (Å²) in [4.78, 5) is 13.8. The Balaban J connectivity index is 1.81. The molecule has 0 fully saturated rings. The molecule has 0 unspecified atom stereocenters. The van der Waals surface area contributed by atoms with Gasteiger partial charge in [-0.15, -0.1) is 0 Å². The normalized spacial score (nSPS) is 14.6. The molecule has 0 amide bonds. The van der Waals surface area contributed by atoms with Crippen LogP contribution in [0.1, 0.15) is 18.5 Å². The third kappa shape index (κ3) is 3.01. The molecule has 5 heteroatoms. The number of pyridine rings is 1. The number of rotatable bonds is 3. The number of para-hydroxylation sites is 1. The second-order valence-corrected chi connectivity index (χ2v) is 6.16. The van der Waals surface area contributed by atoms with Crippen molar-refractivity contribution in [3.63, 3.8) is 0 Å². The van der Waals surface area contributed by atoms with Crippen molar-refractivity contribution in [2.75, 3.05) is 7.11 Å². The fourth-order valence-electron chi connectivity index (χ4n) is 2.95. The lowest BCUT2D eigenvalue weighted by Gasteiger charge is -2.17. The maximum atomic E-state index is 6.42. The minimum atomic E-state index is 0.594. The first-order chi connectivity index (χ1) is 12.3. The highest BCUT2D eigenvalue weighted by Gasteiger charge is 2.19. The summed E-state index contributed by atoms with van der Waals surface area (Å²) < 4.78 is 5.51. The standard InChI is InChI=1S/C20H16ClN3O/c1-25-18-11-4-7-14(21)19(18)16-9-5-10-17(23-16)20-22-12-13-6-2-3-8-15(13)24-20/h2-3,5-10,12H,4,11H2,1H3. The maximum absolute atomic E-state index is 6.42. The summed E-state index contributed by atoms with van der Waals surface area (Å²) in [5, 5.41) is 1.68. The zero-order chi connectivity index (χ0) is 17.2. The highest BCUT2D eigenvalue weighted by molar-refractivity contribution is 6.37. The molecule has 1 aromatic carbocycles. The molecule has 0 radical (unpaired) electrons. The third-order valence-corrected chi connectivity index (χ3v) is 4.53. The monoisotopic (exact) mass is 349 g/mol. The summed E-state index contributed by atoms with van der Waals surface area (Å²) in [5.74, 6) is 1.45. The number of halogens is 1. The summed E-state index contributed by atoms with van der Waals surface area (Å²) >= 11 is 6.42. The first-order valence-corrected chi connectivity index (χ1v) is 8.47. The molecular formula is C20H16ClN3O. The van der Waals surface area contributed by atoms with Crippen LogP contribution >= 0.6 is 11.6 Å². The molecule has 4 rings (SSSR count). The van der Waals surface area contributed by atoms with Gasteiger partial charge in [-0.1, -0.05) is 41.9 Å². The summed E-state index contributed by atoms with van der Waals surface area (Å²) in [6.07, 6.45) is 5.51. The van der Waals surface area contributed by atoms with Gasteiger partial charge in [0.25, 0.3) is 0 Å². The van der Waals surface area contributed by atoms with Crippen molar-refractivity contribution in [3.05, 3.63) is 71.2 Å². The van der Waals surface area contributed by atoms with Crippen LogP contribution in [0, 0.1) is 0 Å². The molecule has 0 atom stereocenters. The number of aromatic nitrogens is 3. The zero-order valence-electron chi connectivity index (χ0n) is 13.7. The van der Waals surface area contributed by atoms with E-state index in [1.807, 2.05) is 54.7 Å². The van der Waals surface area contributed by atoms with Gasteiger partial charge in [0, 0.05) is 23.0 Å². The highest BCUT2D eigenvalue weighted by Crippen LogP contribution is 2.35. The van der Waals surface area contributed by atoms with Crippen molar-refractivity contribution >= 4 is 28.1 Å². The van der Waals surface area contributed by atoms with Crippen LogP contribution in [0.4, 0.5) is 0 Å². The van der Waals surface area contributed by atoms with Gasteiger partial charge >= 0.3 is 0 Å². The number of benzene rings is 1. The van der Waals surface area contributed by atoms with E-state index < -0.39 is 0 Å². The Kier molecular flexibility index (Phi) is 4.20. The van der Waals surface area contributed by atoms with Crippen LogP contribution in [0.25, 0.3) is 28.0 Å². The average Bonchev–Trinajstić information content (AvgIpc) is 2.67. The molecule has 0 aliphatic heterocycles. The van der Waals surface area contributed by atoms with Crippen molar-refractivity contribution in [3.8, 4) is 11.5 Å². The van der Waals surface area contributed by atoms with Crippen LogP contribution in [0.2, 0.25) is 0 Å². The topological polar surface area (TPSA) is 47.9 Å². The lowest BCUT2D eigenvalue weighted by Crippen LogP contribution is -2.03. The molecule has 4 nitrogen and oxygen atoms in total. The zero-order valence-corrected chi connectivity index (χ0v) is 14.5.